The van der Waals surface area contributed by atoms with E-state index in [4.69, 9.17) is 40.0 Å². The van der Waals surface area contributed by atoms with E-state index < -0.39 is 6.03 Å². The van der Waals surface area contributed by atoms with Crippen molar-refractivity contribution < 1.29 is 38.4 Å². The molecule has 10 nitrogen and oxygen atoms in total. The molecule has 3 unspecified atom stereocenters. The van der Waals surface area contributed by atoms with Gasteiger partial charge in [0.05, 0.1) is 40.6 Å². The molecule has 1 fully saturated rings. The molecule has 1 aliphatic rings. The largest absolute Gasteiger partial charge is 0.493 e. The summed E-state index contributed by atoms with van der Waals surface area (Å²) in [7, 11) is 6.37. The van der Waals surface area contributed by atoms with Crippen LogP contribution in [0.4, 0.5) is 4.79 Å². The van der Waals surface area contributed by atoms with E-state index in [1.807, 2.05) is 49.4 Å². The van der Waals surface area contributed by atoms with Crippen LogP contribution in [-0.2, 0) is 11.2 Å². The van der Waals surface area contributed by atoms with Gasteiger partial charge in [-0.3, -0.25) is 5.21 Å². The van der Waals surface area contributed by atoms with Crippen LogP contribution in [0.1, 0.15) is 55.6 Å². The zero-order valence-corrected chi connectivity index (χ0v) is 28.4. The average Bonchev–Trinajstić information content (AvgIpc) is 3.57. The molecule has 0 aromatic heterocycles. The van der Waals surface area contributed by atoms with Gasteiger partial charge in [0.1, 0.15) is 5.44 Å². The Kier molecular flexibility index (Phi) is 12.7. The van der Waals surface area contributed by atoms with Gasteiger partial charge in [0.25, 0.3) is 0 Å². The second-order valence-electron chi connectivity index (χ2n) is 10.4. The molecule has 0 spiro atoms. The molecule has 1 heterocycles. The number of hydrogen-bond acceptors (Lipinski definition) is 9. The van der Waals surface area contributed by atoms with Gasteiger partial charge in [-0.15, -0.1) is 0 Å². The maximum atomic E-state index is 12.0. The first-order chi connectivity index (χ1) is 22.2. The van der Waals surface area contributed by atoms with Crippen LogP contribution in [-0.4, -0.2) is 56.7 Å². The Morgan fingerprint density at radius 2 is 1.54 bits per heavy atom. The number of urea groups is 1. The summed E-state index contributed by atoms with van der Waals surface area (Å²) in [5.41, 5.74) is 2.46. The number of ether oxygens (including phenoxy) is 6. The monoisotopic (exact) mass is 672 g/mol. The van der Waals surface area contributed by atoms with Gasteiger partial charge in [-0.1, -0.05) is 29.4 Å². The molecule has 4 rings (SSSR count). The van der Waals surface area contributed by atoms with Crippen molar-refractivity contribution in [1.82, 2.24) is 10.4 Å². The van der Waals surface area contributed by atoms with Crippen LogP contribution in [0.25, 0.3) is 0 Å². The van der Waals surface area contributed by atoms with E-state index in [-0.39, 0.29) is 24.2 Å². The number of halogens is 1. The fourth-order valence-electron chi connectivity index (χ4n) is 5.15. The van der Waals surface area contributed by atoms with E-state index in [0.29, 0.717) is 45.3 Å². The van der Waals surface area contributed by atoms with Crippen LogP contribution >= 0.6 is 23.4 Å². The number of hydrogen-bond donors (Lipinski definition) is 2. The van der Waals surface area contributed by atoms with Gasteiger partial charge in [-0.2, -0.15) is 0 Å². The van der Waals surface area contributed by atoms with Crippen LogP contribution < -0.4 is 29.0 Å². The van der Waals surface area contributed by atoms with Crippen LogP contribution in [0.15, 0.2) is 65.7 Å². The third kappa shape index (κ3) is 8.73. The van der Waals surface area contributed by atoms with Gasteiger partial charge in [0, 0.05) is 28.2 Å². The van der Waals surface area contributed by atoms with Crippen molar-refractivity contribution in [2.24, 2.45) is 0 Å². The molecular formula is C34H41ClN2O8S. The van der Waals surface area contributed by atoms with Crippen molar-refractivity contribution in [3.05, 3.63) is 82.5 Å². The quantitative estimate of drug-likeness (QED) is 0.0763. The zero-order valence-electron chi connectivity index (χ0n) is 26.9. The topological polar surface area (TPSA) is 108 Å². The van der Waals surface area contributed by atoms with E-state index in [9.17, 15) is 10.0 Å². The molecule has 2 N–H and O–H groups in total. The fraction of sp³-hybridized carbons (Fsp3) is 0.382. The molecule has 0 aliphatic carbocycles. The van der Waals surface area contributed by atoms with Crippen molar-refractivity contribution in [1.29, 1.82) is 0 Å². The lowest BCUT2D eigenvalue weighted by Crippen LogP contribution is -2.34. The predicted molar refractivity (Wildman–Crippen MR) is 178 cm³/mol. The summed E-state index contributed by atoms with van der Waals surface area (Å²) in [5.74, 6) is 2.83. The smallest absolute Gasteiger partial charge is 0.345 e. The minimum atomic E-state index is -0.619. The number of benzene rings is 3. The van der Waals surface area contributed by atoms with Gasteiger partial charge < -0.3 is 33.7 Å². The number of thioether (sulfide) groups is 1. The molecule has 0 radical (unpaired) electrons. The Morgan fingerprint density at radius 3 is 2.09 bits per heavy atom. The lowest BCUT2D eigenvalue weighted by molar-refractivity contribution is -0.0371. The Morgan fingerprint density at radius 1 is 0.978 bits per heavy atom. The zero-order chi connectivity index (χ0) is 33.2. The first kappa shape index (κ1) is 35.1. The number of amides is 2. The Hall–Kier alpha value is -3.77. The van der Waals surface area contributed by atoms with Crippen molar-refractivity contribution in [2.75, 3.05) is 35.0 Å². The third-order valence-electron chi connectivity index (χ3n) is 7.42. The number of nitrogens with zero attached hydrogens (tertiary/aromatic N) is 1. The van der Waals surface area contributed by atoms with Gasteiger partial charge in [0.15, 0.2) is 23.0 Å². The fourth-order valence-corrected chi connectivity index (χ4v) is 6.10. The summed E-state index contributed by atoms with van der Waals surface area (Å²) in [6.45, 7) is 3.80. The van der Waals surface area contributed by atoms with E-state index in [2.05, 4.69) is 11.4 Å². The number of allylic oxidation sites excluding steroid dienone is 1. The molecule has 1 saturated heterocycles. The number of carbonyl (C=O) groups excluding carboxylic acids is 1. The lowest BCUT2D eigenvalue weighted by atomic mass is 9.99. The first-order valence-corrected chi connectivity index (χ1v) is 16.1. The highest BCUT2D eigenvalue weighted by Gasteiger charge is 2.31. The van der Waals surface area contributed by atoms with Crippen LogP contribution in [0, 0.1) is 0 Å². The Labute approximate surface area is 279 Å². The van der Waals surface area contributed by atoms with Crippen LogP contribution in [0.5, 0.6) is 28.7 Å². The number of rotatable bonds is 14. The first-order valence-electron chi connectivity index (χ1n) is 14.9. The standard InChI is InChI=1S/C34H41ClN2O8S/c1-7-37(39)34(38)36-16-8-9-22-17-23(18-29(40-3)32(22)44-21(2)46-26-12-10-25(35)11-13-26)27-14-15-28(45-27)24-19-30(41-4)33(43-6)31(20-24)42-5/h8,10-13,16-21,27-28,39H,7,9,14-15H2,1-6H3,(H,36,38)/b16-8+. The van der Waals surface area contributed by atoms with E-state index in [1.165, 1.54) is 6.20 Å². The highest BCUT2D eigenvalue weighted by molar-refractivity contribution is 7.99. The number of methoxy groups -OCH3 is 4. The molecule has 3 aromatic rings. The Bertz CT molecular complexity index is 1480. The number of carbonyl (C=O) groups is 1. The van der Waals surface area contributed by atoms with Gasteiger partial charge in [0.2, 0.25) is 5.75 Å². The maximum Gasteiger partial charge on any atom is 0.345 e. The molecule has 12 heteroatoms. The number of hydroxylamine groups is 2. The molecule has 46 heavy (non-hydrogen) atoms. The average molecular weight is 673 g/mol. The normalized spacial score (nSPS) is 16.6. The molecule has 0 saturated carbocycles. The van der Waals surface area contributed by atoms with Crippen molar-refractivity contribution in [2.45, 2.75) is 55.6 Å². The van der Waals surface area contributed by atoms with Gasteiger partial charge in [-0.05, 0) is 92.8 Å². The molecule has 3 atom stereocenters. The van der Waals surface area contributed by atoms with E-state index in [1.54, 1.807) is 53.2 Å². The minimum Gasteiger partial charge on any atom is -0.493 e. The summed E-state index contributed by atoms with van der Waals surface area (Å²) in [6.07, 6.45) is 4.88. The van der Waals surface area contributed by atoms with Gasteiger partial charge >= 0.3 is 6.03 Å². The molecule has 3 aromatic carbocycles. The van der Waals surface area contributed by atoms with Crippen molar-refractivity contribution in [3.63, 3.8) is 0 Å². The molecule has 1 aliphatic heterocycles. The van der Waals surface area contributed by atoms with E-state index >= 15 is 0 Å². The van der Waals surface area contributed by atoms with E-state index in [0.717, 1.165) is 34.4 Å². The summed E-state index contributed by atoms with van der Waals surface area (Å²) < 4.78 is 35.5. The molecule has 0 bridgehead atoms. The predicted octanol–water partition coefficient (Wildman–Crippen LogP) is 7.96. The lowest BCUT2D eigenvalue weighted by Gasteiger charge is -2.22. The molecular weight excluding hydrogens is 632 g/mol. The molecule has 2 amide bonds. The maximum absolute atomic E-state index is 12.0. The van der Waals surface area contributed by atoms with Crippen LogP contribution in [0.3, 0.4) is 0 Å². The summed E-state index contributed by atoms with van der Waals surface area (Å²) in [4.78, 5) is 13.0. The second-order valence-corrected chi connectivity index (χ2v) is 12.2. The Balaban J connectivity index is 1.61. The summed E-state index contributed by atoms with van der Waals surface area (Å²) in [5, 5.41) is 13.5. The summed E-state index contributed by atoms with van der Waals surface area (Å²) in [6, 6.07) is 14.8. The van der Waals surface area contributed by atoms with Crippen LogP contribution in [0.2, 0.25) is 5.02 Å². The van der Waals surface area contributed by atoms with Crippen molar-refractivity contribution in [3.8, 4) is 28.7 Å². The molecule has 248 valence electrons. The minimum absolute atomic E-state index is 0.165. The van der Waals surface area contributed by atoms with Crippen molar-refractivity contribution >= 4 is 29.4 Å². The summed E-state index contributed by atoms with van der Waals surface area (Å²) >= 11 is 7.61. The second kappa shape index (κ2) is 16.7. The highest BCUT2D eigenvalue weighted by Crippen LogP contribution is 2.47. The number of nitrogens with one attached hydrogen (secondary N) is 1. The SMILES string of the molecule is CCN(O)C(=O)N/C=C/Cc1cc(C2CCC(c3cc(OC)c(OC)c(OC)c3)O2)cc(OC)c1OC(C)Sc1ccc(Cl)cc1. The highest BCUT2D eigenvalue weighted by atomic mass is 35.5. The van der Waals surface area contributed by atoms with Gasteiger partial charge in [-0.25, -0.2) is 9.86 Å². The third-order valence-corrected chi connectivity index (χ3v) is 8.64.